The predicted molar refractivity (Wildman–Crippen MR) is 86.2 cm³/mol. The number of rotatable bonds is 0. The fourth-order valence-corrected chi connectivity index (χ4v) is 2.50. The monoisotopic (exact) mass is 454 g/mol. The molecule has 1 heterocycles. The molecule has 0 N–H and O–H groups in total. The molecule has 3 heteroatoms. The molecule has 1 aromatic heterocycles. The van der Waals surface area contributed by atoms with Gasteiger partial charge in [0.05, 0.1) is 5.52 Å². The van der Waals surface area contributed by atoms with Crippen molar-refractivity contribution in [1.82, 2.24) is 9.97 Å². The summed E-state index contributed by atoms with van der Waals surface area (Å²) >= 11 is 0. The average Bonchev–Trinajstić information content (AvgIpc) is 2.48. The summed E-state index contributed by atoms with van der Waals surface area (Å²) in [5, 5.41) is 4.57. The fraction of sp³-hybridized carbons (Fsp3) is 0. The molecule has 0 amide bonds. The van der Waals surface area contributed by atoms with E-state index < -0.39 is 0 Å². The second kappa shape index (κ2) is 6.78. The van der Waals surface area contributed by atoms with Crippen LogP contribution in [0.4, 0.5) is 0 Å². The first-order valence-corrected chi connectivity index (χ1v) is 5.87. The molecule has 2 nitrogen and oxygen atoms in total. The van der Waals surface area contributed by atoms with Crippen LogP contribution in [0.15, 0.2) is 54.9 Å². The average molecular weight is 454 g/mol. The van der Waals surface area contributed by atoms with Crippen LogP contribution in [0.2, 0.25) is 0 Å². The van der Waals surface area contributed by atoms with E-state index in [0.717, 1.165) is 21.8 Å². The van der Waals surface area contributed by atoms with Crippen LogP contribution in [0.3, 0.4) is 0 Å². The van der Waals surface area contributed by atoms with Gasteiger partial charge in [-0.05, 0) is 5.39 Å². The van der Waals surface area contributed by atoms with Gasteiger partial charge in [-0.15, -0.1) is 29.7 Å². The quantitative estimate of drug-likeness (QED) is 0.286. The summed E-state index contributed by atoms with van der Waals surface area (Å²) in [6.45, 7) is 0. The van der Waals surface area contributed by atoms with Crippen molar-refractivity contribution in [1.29, 1.82) is 0 Å². The van der Waals surface area contributed by atoms with E-state index in [1.165, 1.54) is 10.8 Å². The van der Waals surface area contributed by atoms with Crippen LogP contribution in [0.5, 0.6) is 0 Å². The van der Waals surface area contributed by atoms with Crippen molar-refractivity contribution in [3.8, 4) is 0 Å². The van der Waals surface area contributed by atoms with Gasteiger partial charge in [-0.2, -0.15) is 0 Å². The fourth-order valence-electron chi connectivity index (χ4n) is 2.50. The number of benzene rings is 3. The van der Waals surface area contributed by atoms with Crippen LogP contribution in [0, 0.1) is 20.9 Å². The second-order valence-corrected chi connectivity index (χ2v) is 4.26. The van der Waals surface area contributed by atoms with Gasteiger partial charge in [0, 0.05) is 39.0 Å². The predicted octanol–water partition coefficient (Wildman–Crippen LogP) is 4.63. The Morgan fingerprint density at radius 1 is 0.714 bits per heavy atom. The summed E-state index contributed by atoms with van der Waals surface area (Å²) < 4.78 is 0. The number of nitrogens with zero attached hydrogens (tertiary/aromatic N) is 2. The SMILES string of the molecule is [CH3-].[CH3-].[Pt].[c-]1cccc2c1c1nccnc1c1ccccc21. The topological polar surface area (TPSA) is 25.8 Å². The van der Waals surface area contributed by atoms with Gasteiger partial charge in [-0.1, -0.05) is 35.0 Å². The van der Waals surface area contributed by atoms with E-state index in [1.807, 2.05) is 18.2 Å². The van der Waals surface area contributed by atoms with Crippen LogP contribution in [-0.4, -0.2) is 9.97 Å². The molecule has 0 atom stereocenters. The third-order valence-corrected chi connectivity index (χ3v) is 3.26. The van der Waals surface area contributed by atoms with Crippen LogP contribution < -0.4 is 0 Å². The number of fused-ring (bicyclic) bond motifs is 6. The first-order valence-electron chi connectivity index (χ1n) is 5.87. The number of hydrogen-bond donors (Lipinski definition) is 0. The Morgan fingerprint density at radius 3 is 2.10 bits per heavy atom. The number of aromatic nitrogens is 2. The summed E-state index contributed by atoms with van der Waals surface area (Å²) in [4.78, 5) is 8.94. The zero-order valence-electron chi connectivity index (χ0n) is 11.9. The van der Waals surface area contributed by atoms with Crippen LogP contribution >= 0.6 is 0 Å². The summed E-state index contributed by atoms with van der Waals surface area (Å²) in [7, 11) is 0. The van der Waals surface area contributed by atoms with Crippen LogP contribution in [0.1, 0.15) is 0 Å². The molecule has 0 aliphatic carbocycles. The zero-order chi connectivity index (χ0) is 11.9. The maximum atomic E-state index is 4.48. The van der Waals surface area contributed by atoms with Gasteiger partial charge < -0.3 is 19.8 Å². The van der Waals surface area contributed by atoms with E-state index in [4.69, 9.17) is 0 Å². The molecular formula is C18H15N2Pt-3. The van der Waals surface area contributed by atoms with Crippen molar-refractivity contribution in [3.63, 3.8) is 0 Å². The Kier molecular flexibility index (Phi) is 5.57. The van der Waals surface area contributed by atoms with Gasteiger partial charge >= 0.3 is 0 Å². The molecule has 110 valence electrons. The standard InChI is InChI=1S/C16H9N2.2CH3.Pt/c1-3-7-13-11(5-1)12-6-2-4-8-14(12)16-15(13)17-9-10-18-16;;;/h1-7,9-10H;2*1H3;/q3*-1;. The van der Waals surface area contributed by atoms with Crippen molar-refractivity contribution in [3.05, 3.63) is 75.8 Å². The van der Waals surface area contributed by atoms with E-state index in [2.05, 4.69) is 40.3 Å². The van der Waals surface area contributed by atoms with Gasteiger partial charge in [0.25, 0.3) is 0 Å². The minimum absolute atomic E-state index is 0. The van der Waals surface area contributed by atoms with Gasteiger partial charge in [0.2, 0.25) is 0 Å². The van der Waals surface area contributed by atoms with Crippen LogP contribution in [0.25, 0.3) is 32.6 Å². The Bertz CT molecular complexity index is 667. The van der Waals surface area contributed by atoms with Gasteiger partial charge in [0.15, 0.2) is 0 Å². The Morgan fingerprint density at radius 2 is 1.33 bits per heavy atom. The van der Waals surface area contributed by atoms with E-state index in [0.29, 0.717) is 0 Å². The third-order valence-electron chi connectivity index (χ3n) is 3.26. The van der Waals surface area contributed by atoms with Crippen molar-refractivity contribution < 1.29 is 21.1 Å². The van der Waals surface area contributed by atoms with Gasteiger partial charge in [-0.3, -0.25) is 4.98 Å². The molecule has 4 rings (SSSR count). The van der Waals surface area contributed by atoms with Crippen molar-refractivity contribution in [2.24, 2.45) is 0 Å². The van der Waals surface area contributed by atoms with E-state index in [-0.39, 0.29) is 35.9 Å². The van der Waals surface area contributed by atoms with E-state index in [1.54, 1.807) is 12.4 Å². The maximum absolute atomic E-state index is 4.48. The normalized spacial score (nSPS) is 9.71. The van der Waals surface area contributed by atoms with Gasteiger partial charge in [-0.25, -0.2) is 0 Å². The zero-order valence-corrected chi connectivity index (χ0v) is 14.2. The summed E-state index contributed by atoms with van der Waals surface area (Å²) in [6, 6.07) is 17.6. The largest absolute Gasteiger partial charge is 0.358 e. The molecule has 0 fully saturated rings. The molecule has 21 heavy (non-hydrogen) atoms. The Hall–Kier alpha value is -1.79. The first-order chi connectivity index (χ1) is 8.95. The molecule has 3 aromatic carbocycles. The van der Waals surface area contributed by atoms with E-state index >= 15 is 0 Å². The smallest absolute Gasteiger partial charge is 0.0545 e. The molecule has 4 aromatic rings. The van der Waals surface area contributed by atoms with Gasteiger partial charge in [0.1, 0.15) is 0 Å². The van der Waals surface area contributed by atoms with E-state index in [9.17, 15) is 0 Å². The van der Waals surface area contributed by atoms with Crippen molar-refractivity contribution in [2.45, 2.75) is 0 Å². The number of hydrogen-bond acceptors (Lipinski definition) is 2. The van der Waals surface area contributed by atoms with Crippen molar-refractivity contribution in [2.75, 3.05) is 0 Å². The minimum atomic E-state index is 0. The van der Waals surface area contributed by atoms with Crippen LogP contribution in [-0.2, 0) is 21.1 Å². The maximum Gasteiger partial charge on any atom is 0.0545 e. The summed E-state index contributed by atoms with van der Waals surface area (Å²) in [6.07, 6.45) is 3.47. The molecule has 0 saturated heterocycles. The molecule has 0 bridgehead atoms. The molecule has 0 unspecified atom stereocenters. The molecule has 0 radical (unpaired) electrons. The molecule has 0 aliphatic heterocycles. The minimum Gasteiger partial charge on any atom is -0.358 e. The Labute approximate surface area is 139 Å². The third kappa shape index (κ3) is 2.56. The first kappa shape index (κ1) is 17.3. The summed E-state index contributed by atoms with van der Waals surface area (Å²) in [5.74, 6) is 0. The molecule has 0 spiro atoms. The molecule has 0 saturated carbocycles. The molecule has 0 aliphatic rings. The Balaban J connectivity index is 0.000000735. The molecular weight excluding hydrogens is 439 g/mol. The second-order valence-electron chi connectivity index (χ2n) is 4.26. The van der Waals surface area contributed by atoms with Crippen molar-refractivity contribution >= 4 is 32.6 Å². The summed E-state index contributed by atoms with van der Waals surface area (Å²) in [5.41, 5.74) is 1.87.